The molecule has 2 fully saturated rings. The van der Waals surface area contributed by atoms with Crippen molar-refractivity contribution in [3.63, 3.8) is 0 Å². The van der Waals surface area contributed by atoms with Gasteiger partial charge in [0.25, 0.3) is 0 Å². The Morgan fingerprint density at radius 3 is 2.69 bits per heavy atom. The molecule has 0 aromatic carbocycles. The second-order valence-corrected chi connectivity index (χ2v) is 4.63. The standard InChI is InChI=1S/C12H17N3O/c1-14-11-6-15(7-12(14)9-16-8-11)10-3-2-4-13-5-10/h2-5,11-12H,6-9H2,1H3. The summed E-state index contributed by atoms with van der Waals surface area (Å²) in [5, 5.41) is 0. The van der Waals surface area contributed by atoms with Crippen molar-refractivity contribution < 1.29 is 4.74 Å². The summed E-state index contributed by atoms with van der Waals surface area (Å²) in [7, 11) is 2.21. The number of fused-ring (bicyclic) bond motifs is 2. The first-order chi connectivity index (χ1) is 7.84. The van der Waals surface area contributed by atoms with Gasteiger partial charge in [-0.05, 0) is 19.2 Å². The molecule has 0 radical (unpaired) electrons. The molecule has 16 heavy (non-hydrogen) atoms. The summed E-state index contributed by atoms with van der Waals surface area (Å²) in [4.78, 5) is 9.06. The van der Waals surface area contributed by atoms with E-state index in [1.165, 1.54) is 5.69 Å². The summed E-state index contributed by atoms with van der Waals surface area (Å²) in [6.45, 7) is 3.78. The lowest BCUT2D eigenvalue weighted by Crippen LogP contribution is -2.63. The fraction of sp³-hybridized carbons (Fsp3) is 0.583. The Hall–Kier alpha value is -1.13. The Bertz CT molecular complexity index is 343. The number of aromatic nitrogens is 1. The molecule has 1 aromatic rings. The van der Waals surface area contributed by atoms with Gasteiger partial charge in [-0.15, -0.1) is 0 Å². The average molecular weight is 219 g/mol. The number of hydrogen-bond acceptors (Lipinski definition) is 4. The molecule has 1 aromatic heterocycles. The maximum atomic E-state index is 5.61. The summed E-state index contributed by atoms with van der Waals surface area (Å²) in [6.07, 6.45) is 3.77. The van der Waals surface area contributed by atoms with Gasteiger partial charge in [-0.2, -0.15) is 0 Å². The fourth-order valence-electron chi connectivity index (χ4n) is 2.57. The molecule has 2 bridgehead atoms. The highest BCUT2D eigenvalue weighted by Gasteiger charge is 2.35. The van der Waals surface area contributed by atoms with Crippen molar-refractivity contribution in [3.05, 3.63) is 24.5 Å². The molecule has 0 aliphatic carbocycles. The van der Waals surface area contributed by atoms with E-state index in [0.717, 1.165) is 26.3 Å². The van der Waals surface area contributed by atoms with Crippen molar-refractivity contribution in [3.8, 4) is 0 Å². The molecule has 0 spiro atoms. The molecule has 2 aliphatic rings. The lowest BCUT2D eigenvalue weighted by molar-refractivity contribution is -0.0439. The Kier molecular flexibility index (Phi) is 2.53. The number of morpholine rings is 1. The molecule has 2 atom stereocenters. The third-order valence-electron chi connectivity index (χ3n) is 3.65. The second-order valence-electron chi connectivity index (χ2n) is 4.63. The molecular weight excluding hydrogens is 202 g/mol. The highest BCUT2D eigenvalue weighted by molar-refractivity contribution is 5.44. The summed E-state index contributed by atoms with van der Waals surface area (Å²) in [5.74, 6) is 0. The highest BCUT2D eigenvalue weighted by atomic mass is 16.5. The molecule has 4 nitrogen and oxygen atoms in total. The van der Waals surface area contributed by atoms with Crippen LogP contribution in [0.1, 0.15) is 0 Å². The minimum Gasteiger partial charge on any atom is -0.378 e. The van der Waals surface area contributed by atoms with Crippen LogP contribution in [-0.4, -0.2) is 55.3 Å². The minimum absolute atomic E-state index is 0.521. The van der Waals surface area contributed by atoms with Gasteiger partial charge < -0.3 is 9.64 Å². The van der Waals surface area contributed by atoms with E-state index < -0.39 is 0 Å². The third kappa shape index (κ3) is 1.68. The van der Waals surface area contributed by atoms with Crippen LogP contribution in [0.15, 0.2) is 24.5 Å². The summed E-state index contributed by atoms with van der Waals surface area (Å²) in [6, 6.07) is 5.18. The molecule has 3 rings (SSSR count). The third-order valence-corrected chi connectivity index (χ3v) is 3.65. The first kappa shape index (κ1) is 10.1. The van der Waals surface area contributed by atoms with Crippen LogP contribution in [0.3, 0.4) is 0 Å². The molecule has 3 heterocycles. The van der Waals surface area contributed by atoms with Gasteiger partial charge in [0.1, 0.15) is 0 Å². The second kappa shape index (κ2) is 4.03. The molecule has 0 saturated carbocycles. The summed E-state index contributed by atoms with van der Waals surface area (Å²) < 4.78 is 5.61. The molecular formula is C12H17N3O. The van der Waals surface area contributed by atoms with Crippen molar-refractivity contribution in [2.45, 2.75) is 12.1 Å². The van der Waals surface area contributed by atoms with Crippen LogP contribution in [-0.2, 0) is 4.74 Å². The largest absolute Gasteiger partial charge is 0.378 e. The highest BCUT2D eigenvalue weighted by Crippen LogP contribution is 2.23. The van der Waals surface area contributed by atoms with Crippen molar-refractivity contribution in [2.75, 3.05) is 38.3 Å². The maximum Gasteiger partial charge on any atom is 0.0639 e. The smallest absolute Gasteiger partial charge is 0.0639 e. The predicted octanol–water partition coefficient (Wildman–Crippen LogP) is 0.601. The number of ether oxygens (including phenoxy) is 1. The van der Waals surface area contributed by atoms with Crippen LogP contribution in [0.5, 0.6) is 0 Å². The number of anilines is 1. The number of nitrogens with zero attached hydrogens (tertiary/aromatic N) is 3. The van der Waals surface area contributed by atoms with Crippen molar-refractivity contribution in [1.29, 1.82) is 0 Å². The zero-order chi connectivity index (χ0) is 11.0. The number of hydrogen-bond donors (Lipinski definition) is 0. The van der Waals surface area contributed by atoms with E-state index in [9.17, 15) is 0 Å². The Labute approximate surface area is 95.8 Å². The Morgan fingerprint density at radius 2 is 2.06 bits per heavy atom. The van der Waals surface area contributed by atoms with Crippen LogP contribution >= 0.6 is 0 Å². The molecule has 2 aliphatic heterocycles. The van der Waals surface area contributed by atoms with Gasteiger partial charge in [-0.25, -0.2) is 0 Å². The van der Waals surface area contributed by atoms with Crippen LogP contribution in [0.25, 0.3) is 0 Å². The van der Waals surface area contributed by atoms with E-state index in [2.05, 4.69) is 27.9 Å². The topological polar surface area (TPSA) is 28.6 Å². The van der Waals surface area contributed by atoms with E-state index in [-0.39, 0.29) is 0 Å². The number of likely N-dealkylation sites (N-methyl/N-ethyl adjacent to an activating group) is 1. The van der Waals surface area contributed by atoms with Crippen LogP contribution in [0.2, 0.25) is 0 Å². The Morgan fingerprint density at radius 1 is 1.31 bits per heavy atom. The van der Waals surface area contributed by atoms with Crippen molar-refractivity contribution >= 4 is 5.69 Å². The van der Waals surface area contributed by atoms with E-state index in [4.69, 9.17) is 4.74 Å². The number of rotatable bonds is 1. The van der Waals surface area contributed by atoms with Gasteiger partial charge in [0.05, 0.1) is 37.2 Å². The number of pyridine rings is 1. The average Bonchev–Trinajstić information content (AvgIpc) is 2.30. The molecule has 2 unspecified atom stereocenters. The molecule has 2 saturated heterocycles. The lowest BCUT2D eigenvalue weighted by atomic mass is 10.1. The zero-order valence-corrected chi connectivity index (χ0v) is 9.54. The van der Waals surface area contributed by atoms with Crippen LogP contribution < -0.4 is 4.90 Å². The Balaban J connectivity index is 1.80. The monoisotopic (exact) mass is 219 g/mol. The minimum atomic E-state index is 0.521. The van der Waals surface area contributed by atoms with Crippen molar-refractivity contribution in [1.82, 2.24) is 9.88 Å². The fourth-order valence-corrected chi connectivity index (χ4v) is 2.57. The predicted molar refractivity (Wildman–Crippen MR) is 62.6 cm³/mol. The molecule has 86 valence electrons. The lowest BCUT2D eigenvalue weighted by Gasteiger charge is -2.48. The van der Waals surface area contributed by atoms with E-state index in [1.807, 2.05) is 18.5 Å². The maximum absolute atomic E-state index is 5.61. The first-order valence-electron chi connectivity index (χ1n) is 5.79. The van der Waals surface area contributed by atoms with E-state index in [0.29, 0.717) is 12.1 Å². The van der Waals surface area contributed by atoms with Gasteiger partial charge in [0.15, 0.2) is 0 Å². The van der Waals surface area contributed by atoms with Gasteiger partial charge in [-0.3, -0.25) is 9.88 Å². The number of piperazine rings is 1. The van der Waals surface area contributed by atoms with Gasteiger partial charge in [-0.1, -0.05) is 0 Å². The molecule has 0 amide bonds. The van der Waals surface area contributed by atoms with Gasteiger partial charge >= 0.3 is 0 Å². The molecule has 4 heteroatoms. The van der Waals surface area contributed by atoms with Gasteiger partial charge in [0.2, 0.25) is 0 Å². The van der Waals surface area contributed by atoms with Gasteiger partial charge in [0, 0.05) is 19.3 Å². The van der Waals surface area contributed by atoms with Crippen molar-refractivity contribution in [2.24, 2.45) is 0 Å². The summed E-state index contributed by atoms with van der Waals surface area (Å²) in [5.41, 5.74) is 1.23. The first-order valence-corrected chi connectivity index (χ1v) is 5.79. The zero-order valence-electron chi connectivity index (χ0n) is 9.54. The molecule has 0 N–H and O–H groups in total. The quantitative estimate of drug-likeness (QED) is 0.691. The van der Waals surface area contributed by atoms with E-state index >= 15 is 0 Å². The SMILES string of the molecule is CN1C2COCC1CN(c1cccnc1)C2. The van der Waals surface area contributed by atoms with E-state index in [1.54, 1.807) is 0 Å². The normalized spacial score (nSPS) is 30.4. The summed E-state index contributed by atoms with van der Waals surface area (Å²) >= 11 is 0. The van der Waals surface area contributed by atoms with Crippen LogP contribution in [0.4, 0.5) is 5.69 Å². The van der Waals surface area contributed by atoms with Crippen LogP contribution in [0, 0.1) is 0 Å².